The Morgan fingerprint density at radius 3 is 2.16 bits per heavy atom. The van der Waals surface area contributed by atoms with Gasteiger partial charge < -0.3 is 14.5 Å². The molecule has 10 heteroatoms. The van der Waals surface area contributed by atoms with Crippen molar-refractivity contribution in [1.82, 2.24) is 19.4 Å². The van der Waals surface area contributed by atoms with Crippen LogP contribution in [-0.2, 0) is 19.6 Å². The number of carbonyl (C=O) groups is 2. The molecule has 2 aliphatic heterocycles. The first-order valence-corrected chi connectivity index (χ1v) is 12.2. The van der Waals surface area contributed by atoms with Crippen LogP contribution in [0.2, 0.25) is 0 Å². The molecule has 3 rings (SSSR count). The molecule has 0 aliphatic carbocycles. The van der Waals surface area contributed by atoms with Crippen molar-refractivity contribution in [3.05, 3.63) is 24.3 Å². The molecule has 1 N–H and O–H groups in total. The van der Waals surface area contributed by atoms with Gasteiger partial charge in [-0.3, -0.25) is 14.5 Å². The average molecular weight is 453 g/mol. The van der Waals surface area contributed by atoms with Gasteiger partial charge in [0.05, 0.1) is 24.6 Å². The number of nitrogens with zero attached hydrogens (tertiary/aromatic N) is 3. The Kier molecular flexibility index (Phi) is 7.90. The highest BCUT2D eigenvalue weighted by molar-refractivity contribution is 7.89. The maximum absolute atomic E-state index is 12.8. The Bertz CT molecular complexity index is 860. The predicted molar refractivity (Wildman–Crippen MR) is 116 cm³/mol. The molecule has 172 valence electrons. The number of amides is 2. The van der Waals surface area contributed by atoms with Crippen LogP contribution in [0.25, 0.3) is 0 Å². The number of benzene rings is 1. The smallest absolute Gasteiger partial charge is 0.241 e. The van der Waals surface area contributed by atoms with Crippen molar-refractivity contribution in [2.75, 3.05) is 52.9 Å². The van der Waals surface area contributed by atoms with Gasteiger partial charge in [-0.25, -0.2) is 8.42 Å². The van der Waals surface area contributed by atoms with Gasteiger partial charge in [0.25, 0.3) is 0 Å². The van der Waals surface area contributed by atoms with Crippen LogP contribution in [0.5, 0.6) is 5.75 Å². The first-order valence-electron chi connectivity index (χ1n) is 10.8. The first kappa shape index (κ1) is 23.5. The molecule has 0 unspecified atom stereocenters. The molecule has 2 fully saturated rings. The lowest BCUT2D eigenvalue weighted by Gasteiger charge is -2.37. The summed E-state index contributed by atoms with van der Waals surface area (Å²) in [6, 6.07) is 5.12. The molecule has 1 aromatic rings. The maximum Gasteiger partial charge on any atom is 0.241 e. The lowest BCUT2D eigenvalue weighted by Crippen LogP contribution is -2.55. The second-order valence-electron chi connectivity index (χ2n) is 8.06. The average Bonchev–Trinajstić information content (AvgIpc) is 2.79. The minimum absolute atomic E-state index is 0.0778. The van der Waals surface area contributed by atoms with Crippen molar-refractivity contribution in [3.63, 3.8) is 0 Å². The number of hydrogen-bond acceptors (Lipinski definition) is 6. The van der Waals surface area contributed by atoms with Gasteiger partial charge in [-0.05, 0) is 50.5 Å². The minimum atomic E-state index is -3.82. The molecule has 0 spiro atoms. The van der Waals surface area contributed by atoms with E-state index < -0.39 is 16.1 Å². The number of ether oxygens (including phenoxy) is 1. The van der Waals surface area contributed by atoms with Gasteiger partial charge >= 0.3 is 0 Å². The summed E-state index contributed by atoms with van der Waals surface area (Å²) >= 11 is 0. The van der Waals surface area contributed by atoms with E-state index in [1.54, 1.807) is 24.0 Å². The fraction of sp³-hybridized carbons (Fsp3) is 0.619. The lowest BCUT2D eigenvalue weighted by atomic mass is 10.1. The zero-order valence-corrected chi connectivity index (χ0v) is 19.1. The van der Waals surface area contributed by atoms with Crippen LogP contribution in [0.15, 0.2) is 29.2 Å². The van der Waals surface area contributed by atoms with E-state index in [1.807, 2.05) is 4.90 Å². The van der Waals surface area contributed by atoms with Crippen LogP contribution >= 0.6 is 0 Å². The normalized spacial score (nSPS) is 19.2. The van der Waals surface area contributed by atoms with Crippen molar-refractivity contribution >= 4 is 21.8 Å². The molecule has 0 radical (unpaired) electrons. The fourth-order valence-corrected chi connectivity index (χ4v) is 5.14. The summed E-state index contributed by atoms with van der Waals surface area (Å²) in [4.78, 5) is 30.9. The number of sulfonamides is 1. The third-order valence-corrected chi connectivity index (χ3v) is 7.38. The number of likely N-dealkylation sites (tertiary alicyclic amines) is 1. The second kappa shape index (κ2) is 10.4. The molecule has 2 amide bonds. The molecule has 2 saturated heterocycles. The summed E-state index contributed by atoms with van der Waals surface area (Å²) in [5.41, 5.74) is 0. The van der Waals surface area contributed by atoms with Crippen molar-refractivity contribution in [1.29, 1.82) is 0 Å². The molecule has 1 atom stereocenters. The van der Waals surface area contributed by atoms with Gasteiger partial charge in [-0.15, -0.1) is 0 Å². The van der Waals surface area contributed by atoms with Gasteiger partial charge in [0.2, 0.25) is 21.8 Å². The largest absolute Gasteiger partial charge is 0.497 e. The molecule has 2 aliphatic rings. The maximum atomic E-state index is 12.8. The number of piperazine rings is 1. The Morgan fingerprint density at radius 1 is 0.968 bits per heavy atom. The molecule has 1 aromatic carbocycles. The van der Waals surface area contributed by atoms with Crippen LogP contribution in [0.1, 0.15) is 26.2 Å². The predicted octanol–water partition coefficient (Wildman–Crippen LogP) is 0.519. The second-order valence-corrected chi connectivity index (χ2v) is 9.78. The molecule has 0 bridgehead atoms. The Hall–Kier alpha value is -2.17. The number of hydrogen-bond donors (Lipinski definition) is 1. The zero-order chi connectivity index (χ0) is 22.4. The summed E-state index contributed by atoms with van der Waals surface area (Å²) in [6.45, 7) is 5.75. The van der Waals surface area contributed by atoms with Crippen LogP contribution in [0, 0.1) is 0 Å². The van der Waals surface area contributed by atoms with Crippen molar-refractivity contribution in [2.45, 2.75) is 37.1 Å². The molecule has 2 heterocycles. The zero-order valence-electron chi connectivity index (χ0n) is 18.2. The summed E-state index contributed by atoms with van der Waals surface area (Å²) in [7, 11) is -2.32. The number of piperidine rings is 1. The van der Waals surface area contributed by atoms with E-state index in [-0.39, 0.29) is 16.7 Å². The Morgan fingerprint density at radius 2 is 1.58 bits per heavy atom. The standard InChI is InChI=1S/C21H32N4O5S/c1-17(22-31(28,29)19-8-6-18(30-2)7-9-19)21(27)25-14-12-23(13-15-25)16-20(26)24-10-4-3-5-11-24/h6-9,17,22H,3-5,10-16H2,1-2H3/t17-/m0/s1. The topological polar surface area (TPSA) is 99.3 Å². The quantitative estimate of drug-likeness (QED) is 0.648. The minimum Gasteiger partial charge on any atom is -0.497 e. The van der Waals surface area contributed by atoms with E-state index in [1.165, 1.54) is 25.7 Å². The summed E-state index contributed by atoms with van der Waals surface area (Å²) < 4.78 is 32.7. The highest BCUT2D eigenvalue weighted by Gasteiger charge is 2.29. The van der Waals surface area contributed by atoms with Crippen LogP contribution in [0.3, 0.4) is 0 Å². The highest BCUT2D eigenvalue weighted by atomic mass is 32.2. The fourth-order valence-electron chi connectivity index (χ4n) is 3.94. The van der Waals surface area contributed by atoms with E-state index in [4.69, 9.17) is 4.74 Å². The molecule has 0 aromatic heterocycles. The van der Waals surface area contributed by atoms with Crippen molar-refractivity contribution in [3.8, 4) is 5.75 Å². The number of nitrogens with one attached hydrogen (secondary N) is 1. The molecular weight excluding hydrogens is 420 g/mol. The summed E-state index contributed by atoms with van der Waals surface area (Å²) in [5, 5.41) is 0. The van der Waals surface area contributed by atoms with E-state index in [0.717, 1.165) is 25.9 Å². The van der Waals surface area contributed by atoms with Gasteiger partial charge in [-0.1, -0.05) is 0 Å². The van der Waals surface area contributed by atoms with E-state index in [9.17, 15) is 18.0 Å². The summed E-state index contributed by atoms with van der Waals surface area (Å²) in [5.74, 6) is 0.443. The van der Waals surface area contributed by atoms with Crippen LogP contribution < -0.4 is 9.46 Å². The third-order valence-electron chi connectivity index (χ3n) is 5.82. The van der Waals surface area contributed by atoms with Gasteiger partial charge in [0, 0.05) is 39.3 Å². The van der Waals surface area contributed by atoms with E-state index in [0.29, 0.717) is 38.5 Å². The lowest BCUT2D eigenvalue weighted by molar-refractivity contribution is -0.136. The Balaban J connectivity index is 1.48. The molecule has 31 heavy (non-hydrogen) atoms. The molecular formula is C21H32N4O5S. The number of methoxy groups -OCH3 is 1. The molecule has 9 nitrogen and oxygen atoms in total. The van der Waals surface area contributed by atoms with Gasteiger partial charge in [0.1, 0.15) is 5.75 Å². The van der Waals surface area contributed by atoms with E-state index >= 15 is 0 Å². The van der Waals surface area contributed by atoms with E-state index in [2.05, 4.69) is 9.62 Å². The third kappa shape index (κ3) is 6.18. The van der Waals surface area contributed by atoms with Crippen molar-refractivity contribution < 1.29 is 22.7 Å². The van der Waals surface area contributed by atoms with Crippen LogP contribution in [0.4, 0.5) is 0 Å². The Labute approximate surface area is 184 Å². The van der Waals surface area contributed by atoms with Gasteiger partial charge in [0.15, 0.2) is 0 Å². The highest BCUT2D eigenvalue weighted by Crippen LogP contribution is 2.16. The molecule has 0 saturated carbocycles. The van der Waals surface area contributed by atoms with Gasteiger partial charge in [-0.2, -0.15) is 4.72 Å². The van der Waals surface area contributed by atoms with Crippen molar-refractivity contribution in [2.24, 2.45) is 0 Å². The number of carbonyl (C=O) groups excluding carboxylic acids is 2. The summed E-state index contributed by atoms with van der Waals surface area (Å²) in [6.07, 6.45) is 3.32. The van der Waals surface area contributed by atoms with Crippen LogP contribution in [-0.4, -0.2) is 93.9 Å². The first-order chi connectivity index (χ1) is 14.8. The monoisotopic (exact) mass is 452 g/mol. The number of rotatable bonds is 7. The SMILES string of the molecule is COc1ccc(S(=O)(=O)N[C@@H](C)C(=O)N2CCN(CC(=O)N3CCCCC3)CC2)cc1.